The molecule has 0 aliphatic rings. The van der Waals surface area contributed by atoms with E-state index in [9.17, 15) is 0 Å². The lowest BCUT2D eigenvalue weighted by molar-refractivity contribution is 0.304. The number of aromatic nitrogens is 2. The fourth-order valence-corrected chi connectivity index (χ4v) is 2.51. The van der Waals surface area contributed by atoms with Crippen LogP contribution >= 0.6 is 15.9 Å². The average molecular weight is 330 g/mol. The molecular weight excluding hydrogens is 318 g/mol. The van der Waals surface area contributed by atoms with Gasteiger partial charge in [0.15, 0.2) is 0 Å². The summed E-state index contributed by atoms with van der Waals surface area (Å²) in [6.07, 6.45) is 1.45. The van der Waals surface area contributed by atoms with Crippen LogP contribution in [0, 0.1) is 0 Å². The van der Waals surface area contributed by atoms with E-state index in [1.165, 1.54) is 6.33 Å². The molecule has 2 N–H and O–H groups in total. The van der Waals surface area contributed by atoms with Gasteiger partial charge < -0.3 is 10.5 Å². The molecule has 3 aromatic rings. The number of nitrogens with two attached hydrogens (primary N) is 1. The Balaban J connectivity index is 1.91. The van der Waals surface area contributed by atoms with Gasteiger partial charge >= 0.3 is 0 Å². The molecule has 100 valence electrons. The molecule has 0 amide bonds. The first-order valence-electron chi connectivity index (χ1n) is 6.11. The van der Waals surface area contributed by atoms with Crippen LogP contribution in [0.5, 0.6) is 5.75 Å². The van der Waals surface area contributed by atoms with E-state index < -0.39 is 0 Å². The lowest BCUT2D eigenvalue weighted by Crippen LogP contribution is -1.98. The van der Waals surface area contributed by atoms with Crippen LogP contribution in [0.3, 0.4) is 0 Å². The van der Waals surface area contributed by atoms with Crippen LogP contribution in [0.15, 0.2) is 53.3 Å². The summed E-state index contributed by atoms with van der Waals surface area (Å²) in [6, 6.07) is 13.7. The van der Waals surface area contributed by atoms with E-state index in [2.05, 4.69) is 25.9 Å². The third kappa shape index (κ3) is 2.44. The molecule has 3 rings (SSSR count). The summed E-state index contributed by atoms with van der Waals surface area (Å²) in [6.45, 7) is 0.505. The lowest BCUT2D eigenvalue weighted by atomic mass is 10.2. The van der Waals surface area contributed by atoms with Gasteiger partial charge in [-0.15, -0.1) is 0 Å². The quantitative estimate of drug-likeness (QED) is 0.798. The van der Waals surface area contributed by atoms with Gasteiger partial charge in [0.1, 0.15) is 24.5 Å². The monoisotopic (exact) mass is 329 g/mol. The molecule has 0 radical (unpaired) electrons. The molecule has 5 heteroatoms. The van der Waals surface area contributed by atoms with Gasteiger partial charge in [-0.25, -0.2) is 9.97 Å². The smallest absolute Gasteiger partial charge is 0.136 e. The summed E-state index contributed by atoms with van der Waals surface area (Å²) in [5.74, 6) is 1.20. The molecule has 1 aromatic heterocycles. The first kappa shape index (κ1) is 12.9. The zero-order valence-corrected chi connectivity index (χ0v) is 12.2. The number of rotatable bonds is 3. The maximum Gasteiger partial charge on any atom is 0.136 e. The number of nitrogens with zero attached hydrogens (tertiary/aromatic N) is 2. The second-order valence-electron chi connectivity index (χ2n) is 4.31. The molecule has 0 spiro atoms. The number of halogens is 1. The number of benzene rings is 2. The van der Waals surface area contributed by atoms with Gasteiger partial charge in [0, 0.05) is 5.39 Å². The zero-order valence-electron chi connectivity index (χ0n) is 10.6. The van der Waals surface area contributed by atoms with Crippen LogP contribution in [0.2, 0.25) is 0 Å². The summed E-state index contributed by atoms with van der Waals surface area (Å²) in [5.41, 5.74) is 7.69. The van der Waals surface area contributed by atoms with Crippen molar-refractivity contribution in [1.29, 1.82) is 0 Å². The molecule has 1 heterocycles. The van der Waals surface area contributed by atoms with E-state index >= 15 is 0 Å². The van der Waals surface area contributed by atoms with Crippen LogP contribution in [0.1, 0.15) is 5.56 Å². The Hall–Kier alpha value is -2.14. The molecule has 0 saturated heterocycles. The molecule has 20 heavy (non-hydrogen) atoms. The molecule has 0 bridgehead atoms. The third-order valence-electron chi connectivity index (χ3n) is 2.98. The first-order chi connectivity index (χ1) is 9.75. The van der Waals surface area contributed by atoms with Crippen molar-refractivity contribution in [3.8, 4) is 5.75 Å². The minimum absolute atomic E-state index is 0.463. The van der Waals surface area contributed by atoms with Crippen molar-refractivity contribution in [2.75, 3.05) is 5.73 Å². The third-order valence-corrected chi connectivity index (χ3v) is 3.74. The molecular formula is C15H12BrN3O. The molecule has 0 unspecified atom stereocenters. The Morgan fingerprint density at radius 3 is 2.65 bits per heavy atom. The van der Waals surface area contributed by atoms with Crippen LogP contribution in [0.4, 0.5) is 5.82 Å². The van der Waals surface area contributed by atoms with Crippen molar-refractivity contribution in [3.63, 3.8) is 0 Å². The second-order valence-corrected chi connectivity index (χ2v) is 5.10. The minimum atomic E-state index is 0.463. The number of hydrogen-bond acceptors (Lipinski definition) is 4. The summed E-state index contributed by atoms with van der Waals surface area (Å²) in [7, 11) is 0. The van der Waals surface area contributed by atoms with Gasteiger partial charge in [-0.2, -0.15) is 0 Å². The standard InChI is InChI=1S/C15H12BrN3O/c16-13-12(20-8-10-4-2-1-3-5-10)7-6-11-14(13)18-9-19-15(11)17/h1-7,9H,8H2,(H2,17,18,19). The molecule has 0 fully saturated rings. The fraction of sp³-hybridized carbons (Fsp3) is 0.0667. The van der Waals surface area contributed by atoms with Crippen LogP contribution in [-0.4, -0.2) is 9.97 Å². The zero-order chi connectivity index (χ0) is 13.9. The Morgan fingerprint density at radius 2 is 1.85 bits per heavy atom. The number of ether oxygens (including phenoxy) is 1. The predicted octanol–water partition coefficient (Wildman–Crippen LogP) is 3.55. The molecule has 4 nitrogen and oxygen atoms in total. The first-order valence-corrected chi connectivity index (χ1v) is 6.90. The molecule has 0 saturated carbocycles. The Morgan fingerprint density at radius 1 is 1.05 bits per heavy atom. The van der Waals surface area contributed by atoms with Crippen molar-refractivity contribution < 1.29 is 4.74 Å². The normalized spacial score (nSPS) is 10.7. The van der Waals surface area contributed by atoms with Crippen molar-refractivity contribution in [3.05, 3.63) is 58.8 Å². The van der Waals surface area contributed by atoms with Gasteiger partial charge in [0.2, 0.25) is 0 Å². The molecule has 2 aromatic carbocycles. The van der Waals surface area contributed by atoms with Gasteiger partial charge in [-0.3, -0.25) is 0 Å². The summed E-state index contributed by atoms with van der Waals surface area (Å²) >= 11 is 3.52. The van der Waals surface area contributed by atoms with Crippen molar-refractivity contribution in [2.24, 2.45) is 0 Å². The van der Waals surface area contributed by atoms with Gasteiger partial charge in [0.25, 0.3) is 0 Å². The largest absolute Gasteiger partial charge is 0.488 e. The number of nitrogen functional groups attached to an aromatic ring is 1. The van der Waals surface area contributed by atoms with E-state index in [0.29, 0.717) is 12.4 Å². The fourth-order valence-electron chi connectivity index (χ4n) is 1.94. The highest BCUT2D eigenvalue weighted by Gasteiger charge is 2.10. The average Bonchev–Trinajstić information content (AvgIpc) is 2.48. The van der Waals surface area contributed by atoms with E-state index in [1.807, 2.05) is 42.5 Å². The van der Waals surface area contributed by atoms with Crippen LogP contribution in [-0.2, 0) is 6.61 Å². The second kappa shape index (κ2) is 5.46. The minimum Gasteiger partial charge on any atom is -0.488 e. The maximum atomic E-state index is 5.83. The van der Waals surface area contributed by atoms with Crippen LogP contribution < -0.4 is 10.5 Å². The van der Waals surface area contributed by atoms with E-state index in [-0.39, 0.29) is 0 Å². The highest BCUT2D eigenvalue weighted by Crippen LogP contribution is 2.33. The molecule has 0 aliphatic heterocycles. The number of hydrogen-bond donors (Lipinski definition) is 1. The van der Waals surface area contributed by atoms with Crippen molar-refractivity contribution in [2.45, 2.75) is 6.61 Å². The van der Waals surface area contributed by atoms with Gasteiger partial charge in [-0.05, 0) is 33.6 Å². The summed E-state index contributed by atoms with van der Waals surface area (Å²) in [5, 5.41) is 0.812. The van der Waals surface area contributed by atoms with E-state index in [4.69, 9.17) is 10.5 Å². The summed E-state index contributed by atoms with van der Waals surface area (Å²) < 4.78 is 6.61. The van der Waals surface area contributed by atoms with Gasteiger partial charge in [-0.1, -0.05) is 30.3 Å². The van der Waals surface area contributed by atoms with Crippen LogP contribution in [0.25, 0.3) is 10.9 Å². The number of fused-ring (bicyclic) bond motifs is 1. The molecule has 0 atom stereocenters. The maximum absolute atomic E-state index is 5.83. The Labute approximate surface area is 124 Å². The SMILES string of the molecule is Nc1ncnc2c(Br)c(OCc3ccccc3)ccc12. The highest BCUT2D eigenvalue weighted by molar-refractivity contribution is 9.10. The topological polar surface area (TPSA) is 61.0 Å². The Bertz CT molecular complexity index is 747. The Kier molecular flexibility index (Phi) is 3.52. The van der Waals surface area contributed by atoms with E-state index in [1.54, 1.807) is 0 Å². The summed E-state index contributed by atoms with van der Waals surface area (Å²) in [4.78, 5) is 8.22. The van der Waals surface area contributed by atoms with Crippen molar-refractivity contribution in [1.82, 2.24) is 9.97 Å². The van der Waals surface area contributed by atoms with Crippen molar-refractivity contribution >= 4 is 32.7 Å². The highest BCUT2D eigenvalue weighted by atomic mass is 79.9. The lowest BCUT2D eigenvalue weighted by Gasteiger charge is -2.10. The van der Waals surface area contributed by atoms with E-state index in [0.717, 1.165) is 26.7 Å². The molecule has 0 aliphatic carbocycles. The van der Waals surface area contributed by atoms with Gasteiger partial charge in [0.05, 0.1) is 9.99 Å². The predicted molar refractivity (Wildman–Crippen MR) is 82.4 cm³/mol. The number of anilines is 1.